The summed E-state index contributed by atoms with van der Waals surface area (Å²) >= 11 is 0. The molecule has 0 saturated heterocycles. The van der Waals surface area contributed by atoms with Gasteiger partial charge < -0.3 is 19.7 Å². The van der Waals surface area contributed by atoms with Crippen molar-refractivity contribution >= 4 is 17.1 Å². The van der Waals surface area contributed by atoms with Crippen molar-refractivity contribution in [3.8, 4) is 5.75 Å². The minimum atomic E-state index is -0.878. The summed E-state index contributed by atoms with van der Waals surface area (Å²) < 4.78 is 9.54. The van der Waals surface area contributed by atoms with Crippen LogP contribution in [0.2, 0.25) is 0 Å². The number of anilines is 1. The molecule has 0 aliphatic carbocycles. The zero-order valence-electron chi connectivity index (χ0n) is 15.8. The van der Waals surface area contributed by atoms with Crippen LogP contribution in [0, 0.1) is 6.92 Å². The molecule has 1 atom stereocenters. The summed E-state index contributed by atoms with van der Waals surface area (Å²) in [4.78, 5) is 29.0. The number of hydrogen-bond acceptors (Lipinski definition) is 6. The van der Waals surface area contributed by atoms with Crippen LogP contribution in [0.1, 0.15) is 5.56 Å². The van der Waals surface area contributed by atoms with Crippen molar-refractivity contribution < 1.29 is 9.84 Å². The largest absolute Gasteiger partial charge is 0.491 e. The maximum atomic E-state index is 12.6. The van der Waals surface area contributed by atoms with E-state index in [1.165, 1.54) is 11.6 Å². The first kappa shape index (κ1) is 18.7. The number of nitrogens with one attached hydrogen (secondary N) is 1. The average molecular weight is 373 g/mol. The molecule has 1 aromatic carbocycles. The molecule has 0 aliphatic heterocycles. The van der Waals surface area contributed by atoms with Gasteiger partial charge in [-0.15, -0.1) is 0 Å². The number of hydrogen-bond donors (Lipinski definition) is 2. The van der Waals surface area contributed by atoms with E-state index in [4.69, 9.17) is 4.74 Å². The van der Waals surface area contributed by atoms with E-state index in [2.05, 4.69) is 10.3 Å². The average Bonchev–Trinajstić information content (AvgIpc) is 3.01. The highest BCUT2D eigenvalue weighted by atomic mass is 16.5. The van der Waals surface area contributed by atoms with Gasteiger partial charge in [0.2, 0.25) is 5.95 Å². The number of aliphatic hydroxyl groups is 1. The molecule has 0 radical (unpaired) electrons. The molecule has 2 aromatic heterocycles. The smallest absolute Gasteiger partial charge is 0.332 e. The quantitative estimate of drug-likeness (QED) is 0.641. The van der Waals surface area contributed by atoms with Gasteiger partial charge in [0.05, 0.1) is 6.54 Å². The zero-order chi connectivity index (χ0) is 19.7. The van der Waals surface area contributed by atoms with Gasteiger partial charge >= 0.3 is 5.69 Å². The summed E-state index contributed by atoms with van der Waals surface area (Å²) in [7, 11) is 4.63. The lowest BCUT2D eigenvalue weighted by Crippen LogP contribution is -2.38. The SMILES string of the molecule is CNc1nc2c(c(=O)n(C)c(=O)n2C)n1C[C@H](O)COc1cccc(C)c1. The predicted octanol–water partition coefficient (Wildman–Crippen LogP) is 0.224. The van der Waals surface area contributed by atoms with Crippen molar-refractivity contribution in [3.05, 3.63) is 50.7 Å². The monoisotopic (exact) mass is 373 g/mol. The highest BCUT2D eigenvalue weighted by Gasteiger charge is 2.20. The van der Waals surface area contributed by atoms with Gasteiger partial charge in [-0.3, -0.25) is 13.9 Å². The van der Waals surface area contributed by atoms with Crippen LogP contribution in [-0.2, 0) is 20.6 Å². The molecule has 2 heterocycles. The van der Waals surface area contributed by atoms with Crippen LogP contribution >= 0.6 is 0 Å². The molecule has 0 fully saturated rings. The van der Waals surface area contributed by atoms with Gasteiger partial charge in [0.1, 0.15) is 18.5 Å². The van der Waals surface area contributed by atoms with Gasteiger partial charge in [-0.2, -0.15) is 4.98 Å². The summed E-state index contributed by atoms with van der Waals surface area (Å²) in [6.07, 6.45) is -0.878. The first-order valence-corrected chi connectivity index (χ1v) is 8.55. The van der Waals surface area contributed by atoms with E-state index in [9.17, 15) is 14.7 Å². The van der Waals surface area contributed by atoms with Gasteiger partial charge in [0.25, 0.3) is 5.56 Å². The standard InChI is InChI=1S/C18H23N5O4/c1-11-6-5-7-13(8-11)27-10-12(24)9-23-14-15(20-17(23)19-2)21(3)18(26)22(4)16(14)25/h5-8,12,24H,9-10H2,1-4H3,(H,19,20)/t12-/m0/s1. The Hall–Kier alpha value is -3.07. The number of ether oxygens (including phenoxy) is 1. The molecule has 0 bridgehead atoms. The summed E-state index contributed by atoms with van der Waals surface area (Å²) in [6.45, 7) is 2.10. The number of nitrogens with zero attached hydrogens (tertiary/aromatic N) is 4. The summed E-state index contributed by atoms with van der Waals surface area (Å²) in [5.41, 5.74) is 0.652. The minimum Gasteiger partial charge on any atom is -0.491 e. The third-order valence-electron chi connectivity index (χ3n) is 4.40. The van der Waals surface area contributed by atoms with E-state index in [1.54, 1.807) is 18.7 Å². The molecule has 3 rings (SSSR count). The molecule has 2 N–H and O–H groups in total. The third-order valence-corrected chi connectivity index (χ3v) is 4.40. The zero-order valence-corrected chi connectivity index (χ0v) is 15.8. The topological polar surface area (TPSA) is 103 Å². The Labute approximate surface area is 155 Å². The van der Waals surface area contributed by atoms with Crippen LogP contribution in [-0.4, -0.2) is 43.6 Å². The Kier molecular flexibility index (Phi) is 5.04. The number of aromatic nitrogens is 4. The van der Waals surface area contributed by atoms with Crippen LogP contribution in [0.5, 0.6) is 5.75 Å². The van der Waals surface area contributed by atoms with Crippen molar-refractivity contribution in [2.75, 3.05) is 19.0 Å². The molecule has 27 heavy (non-hydrogen) atoms. The highest BCUT2D eigenvalue weighted by molar-refractivity contribution is 5.74. The van der Waals surface area contributed by atoms with E-state index in [0.29, 0.717) is 11.7 Å². The second kappa shape index (κ2) is 7.28. The first-order valence-electron chi connectivity index (χ1n) is 8.55. The number of aryl methyl sites for hydroxylation is 2. The van der Waals surface area contributed by atoms with Gasteiger partial charge in [-0.05, 0) is 24.6 Å². The Balaban J connectivity index is 1.92. The van der Waals surface area contributed by atoms with E-state index in [0.717, 1.165) is 10.1 Å². The van der Waals surface area contributed by atoms with Crippen molar-refractivity contribution in [2.45, 2.75) is 19.6 Å². The Morgan fingerprint density at radius 3 is 2.67 bits per heavy atom. The van der Waals surface area contributed by atoms with Crippen LogP contribution in [0.15, 0.2) is 33.9 Å². The number of rotatable bonds is 6. The molecule has 9 heteroatoms. The van der Waals surface area contributed by atoms with Crippen LogP contribution in [0.3, 0.4) is 0 Å². The maximum Gasteiger partial charge on any atom is 0.332 e. The molecule has 144 valence electrons. The van der Waals surface area contributed by atoms with Gasteiger partial charge in [-0.25, -0.2) is 4.79 Å². The second-order valence-electron chi connectivity index (χ2n) is 6.46. The summed E-state index contributed by atoms with van der Waals surface area (Å²) in [6, 6.07) is 7.53. The fourth-order valence-corrected chi connectivity index (χ4v) is 2.98. The summed E-state index contributed by atoms with van der Waals surface area (Å²) in [5, 5.41) is 13.3. The Morgan fingerprint density at radius 2 is 2.00 bits per heavy atom. The van der Waals surface area contributed by atoms with E-state index in [-0.39, 0.29) is 24.3 Å². The van der Waals surface area contributed by atoms with Crippen molar-refractivity contribution in [1.82, 2.24) is 18.7 Å². The summed E-state index contributed by atoms with van der Waals surface area (Å²) in [5.74, 6) is 1.05. The number of aliphatic hydroxyl groups excluding tert-OH is 1. The first-order chi connectivity index (χ1) is 12.8. The van der Waals surface area contributed by atoms with Gasteiger partial charge in [0, 0.05) is 21.1 Å². The number of benzene rings is 1. The highest BCUT2D eigenvalue weighted by Crippen LogP contribution is 2.17. The molecule has 0 saturated carbocycles. The normalized spacial score (nSPS) is 12.3. The fourth-order valence-electron chi connectivity index (χ4n) is 2.98. The van der Waals surface area contributed by atoms with Gasteiger partial charge in [-0.1, -0.05) is 12.1 Å². The van der Waals surface area contributed by atoms with Crippen LogP contribution in [0.25, 0.3) is 11.2 Å². The maximum absolute atomic E-state index is 12.6. The number of fused-ring (bicyclic) bond motifs is 1. The molecular formula is C18H23N5O4. The Morgan fingerprint density at radius 1 is 1.26 bits per heavy atom. The lowest BCUT2D eigenvalue weighted by atomic mass is 10.2. The van der Waals surface area contributed by atoms with E-state index < -0.39 is 17.4 Å². The van der Waals surface area contributed by atoms with Gasteiger partial charge in [0.15, 0.2) is 11.2 Å². The molecule has 9 nitrogen and oxygen atoms in total. The molecule has 0 unspecified atom stereocenters. The molecule has 0 aliphatic rings. The van der Waals surface area contributed by atoms with Crippen LogP contribution < -0.4 is 21.3 Å². The van der Waals surface area contributed by atoms with Crippen molar-refractivity contribution in [1.29, 1.82) is 0 Å². The lowest BCUT2D eigenvalue weighted by molar-refractivity contribution is 0.0938. The van der Waals surface area contributed by atoms with Crippen LogP contribution in [0.4, 0.5) is 5.95 Å². The fraction of sp³-hybridized carbons (Fsp3) is 0.389. The number of imidazole rings is 1. The third kappa shape index (κ3) is 3.45. The Bertz CT molecular complexity index is 1100. The lowest BCUT2D eigenvalue weighted by Gasteiger charge is -2.15. The molecular weight excluding hydrogens is 350 g/mol. The van der Waals surface area contributed by atoms with E-state index >= 15 is 0 Å². The molecule has 0 amide bonds. The minimum absolute atomic E-state index is 0.0539. The molecule has 3 aromatic rings. The predicted molar refractivity (Wildman–Crippen MR) is 102 cm³/mol. The van der Waals surface area contributed by atoms with Crippen molar-refractivity contribution in [2.24, 2.45) is 14.1 Å². The van der Waals surface area contributed by atoms with E-state index in [1.807, 2.05) is 31.2 Å². The molecule has 0 spiro atoms. The second-order valence-corrected chi connectivity index (χ2v) is 6.46. The van der Waals surface area contributed by atoms with Crippen molar-refractivity contribution in [3.63, 3.8) is 0 Å².